The van der Waals surface area contributed by atoms with Crippen molar-refractivity contribution < 1.29 is 4.79 Å². The van der Waals surface area contributed by atoms with Gasteiger partial charge in [-0.25, -0.2) is 0 Å². The van der Waals surface area contributed by atoms with E-state index in [1.165, 1.54) is 0 Å². The van der Waals surface area contributed by atoms with Gasteiger partial charge >= 0.3 is 0 Å². The summed E-state index contributed by atoms with van der Waals surface area (Å²) in [6.07, 6.45) is 0. The lowest BCUT2D eigenvalue weighted by atomic mass is 10.0. The lowest BCUT2D eigenvalue weighted by Gasteiger charge is -2.25. The second kappa shape index (κ2) is 6.93. The normalized spacial score (nSPS) is 15.8. The first-order valence-electron chi connectivity index (χ1n) is 8.95. The van der Waals surface area contributed by atoms with Gasteiger partial charge < -0.3 is 4.90 Å². The zero-order valence-corrected chi connectivity index (χ0v) is 16.4. The van der Waals surface area contributed by atoms with Crippen molar-refractivity contribution in [2.24, 2.45) is 0 Å². The van der Waals surface area contributed by atoms with Crippen molar-refractivity contribution in [3.8, 4) is 11.3 Å². The Morgan fingerprint density at radius 3 is 2.54 bits per heavy atom. The molecular weight excluding hydrogens is 390 g/mol. The van der Waals surface area contributed by atoms with Gasteiger partial charge in [0.25, 0.3) is 5.91 Å². The summed E-state index contributed by atoms with van der Waals surface area (Å²) < 4.78 is 0. The number of halogens is 1. The summed E-state index contributed by atoms with van der Waals surface area (Å²) in [7, 11) is 0. The van der Waals surface area contributed by atoms with Gasteiger partial charge in [0.05, 0.1) is 11.7 Å². The van der Waals surface area contributed by atoms with Crippen LogP contribution in [0.1, 0.15) is 32.5 Å². The molecule has 5 rings (SSSR count). The molecule has 0 saturated carbocycles. The number of carbonyl (C=O) groups excluding carboxylic acids is 1. The van der Waals surface area contributed by atoms with E-state index in [0.29, 0.717) is 17.3 Å². The predicted molar refractivity (Wildman–Crippen MR) is 112 cm³/mol. The molecule has 4 aromatic rings. The lowest BCUT2D eigenvalue weighted by Crippen LogP contribution is -2.28. The molecule has 2 aromatic heterocycles. The summed E-state index contributed by atoms with van der Waals surface area (Å²) >= 11 is 7.67. The molecule has 0 spiro atoms. The summed E-state index contributed by atoms with van der Waals surface area (Å²) in [6, 6.07) is 21.6. The molecule has 0 aliphatic carbocycles. The molecule has 1 N–H and O–H groups in total. The van der Waals surface area contributed by atoms with E-state index in [-0.39, 0.29) is 11.9 Å². The number of hydrogen-bond donors (Lipinski definition) is 1. The number of aromatic nitrogens is 2. The SMILES string of the molecule is O=C1c2[nH]nc(-c3ccccc3)c2C(c2cccs2)N1Cc1ccc(Cl)cc1. The van der Waals surface area contributed by atoms with E-state index >= 15 is 0 Å². The highest BCUT2D eigenvalue weighted by atomic mass is 35.5. The van der Waals surface area contributed by atoms with Gasteiger partial charge in [-0.2, -0.15) is 5.10 Å². The maximum Gasteiger partial charge on any atom is 0.273 e. The smallest absolute Gasteiger partial charge is 0.273 e. The van der Waals surface area contributed by atoms with Crippen LogP contribution < -0.4 is 0 Å². The highest BCUT2D eigenvalue weighted by Crippen LogP contribution is 2.44. The fraction of sp³-hybridized carbons (Fsp3) is 0.0909. The molecule has 1 atom stereocenters. The molecule has 0 radical (unpaired) electrons. The first-order valence-corrected chi connectivity index (χ1v) is 10.2. The van der Waals surface area contributed by atoms with Gasteiger partial charge in [-0.05, 0) is 29.1 Å². The Morgan fingerprint density at radius 1 is 1.04 bits per heavy atom. The van der Waals surface area contributed by atoms with Crippen molar-refractivity contribution in [2.75, 3.05) is 0 Å². The Labute approximate surface area is 171 Å². The van der Waals surface area contributed by atoms with E-state index in [4.69, 9.17) is 11.6 Å². The molecule has 1 unspecified atom stereocenters. The zero-order valence-electron chi connectivity index (χ0n) is 14.8. The Bertz CT molecular complexity index is 1120. The summed E-state index contributed by atoms with van der Waals surface area (Å²) in [5, 5.41) is 10.2. The Balaban J connectivity index is 1.61. The summed E-state index contributed by atoms with van der Waals surface area (Å²) in [4.78, 5) is 16.3. The third-order valence-electron chi connectivity index (χ3n) is 4.99. The fourth-order valence-corrected chi connectivity index (χ4v) is 4.68. The molecule has 0 bridgehead atoms. The average Bonchev–Trinajstić information content (AvgIpc) is 3.44. The minimum absolute atomic E-state index is 0.0296. The Hall–Kier alpha value is -2.89. The number of amides is 1. The summed E-state index contributed by atoms with van der Waals surface area (Å²) in [6.45, 7) is 0.509. The Kier molecular flexibility index (Phi) is 4.26. The third kappa shape index (κ3) is 2.84. The molecule has 6 heteroatoms. The number of nitrogens with one attached hydrogen (secondary N) is 1. The number of benzene rings is 2. The van der Waals surface area contributed by atoms with Crippen molar-refractivity contribution in [2.45, 2.75) is 12.6 Å². The van der Waals surface area contributed by atoms with Gasteiger partial charge in [0.15, 0.2) is 0 Å². The number of fused-ring (bicyclic) bond motifs is 1. The number of carbonyl (C=O) groups is 1. The van der Waals surface area contributed by atoms with Crippen LogP contribution in [0.3, 0.4) is 0 Å². The van der Waals surface area contributed by atoms with E-state index < -0.39 is 0 Å². The van der Waals surface area contributed by atoms with Crippen molar-refractivity contribution >= 4 is 28.8 Å². The second-order valence-electron chi connectivity index (χ2n) is 6.70. The van der Waals surface area contributed by atoms with Gasteiger partial charge in [0, 0.05) is 27.6 Å². The average molecular weight is 406 g/mol. The number of rotatable bonds is 4. The van der Waals surface area contributed by atoms with Gasteiger partial charge in [-0.15, -0.1) is 11.3 Å². The molecule has 0 fully saturated rings. The molecule has 138 valence electrons. The maximum atomic E-state index is 13.3. The van der Waals surface area contributed by atoms with E-state index in [2.05, 4.69) is 16.3 Å². The van der Waals surface area contributed by atoms with E-state index in [9.17, 15) is 4.79 Å². The standard InChI is InChI=1S/C22H16ClN3OS/c23-16-10-8-14(9-11-16)13-26-21(17-7-4-12-28-17)18-19(15-5-2-1-3-6-15)24-25-20(18)22(26)27/h1-12,21H,13H2,(H,24,25). The van der Waals surface area contributed by atoms with Crippen LogP contribution in [0.25, 0.3) is 11.3 Å². The quantitative estimate of drug-likeness (QED) is 0.484. The van der Waals surface area contributed by atoms with Crippen LogP contribution in [0.2, 0.25) is 5.02 Å². The van der Waals surface area contributed by atoms with Gasteiger partial charge in [-0.3, -0.25) is 9.89 Å². The van der Waals surface area contributed by atoms with Gasteiger partial charge in [0.2, 0.25) is 0 Å². The van der Waals surface area contributed by atoms with Crippen molar-refractivity contribution in [1.82, 2.24) is 15.1 Å². The van der Waals surface area contributed by atoms with E-state index in [1.807, 2.05) is 70.9 Å². The van der Waals surface area contributed by atoms with Crippen LogP contribution in [0.5, 0.6) is 0 Å². The van der Waals surface area contributed by atoms with Gasteiger partial charge in [-0.1, -0.05) is 60.1 Å². The monoisotopic (exact) mass is 405 g/mol. The molecular formula is C22H16ClN3OS. The number of hydrogen-bond acceptors (Lipinski definition) is 3. The third-order valence-corrected chi connectivity index (χ3v) is 6.17. The molecule has 1 aliphatic rings. The van der Waals surface area contributed by atoms with Gasteiger partial charge in [0.1, 0.15) is 5.69 Å². The second-order valence-corrected chi connectivity index (χ2v) is 8.12. The van der Waals surface area contributed by atoms with Crippen LogP contribution in [0, 0.1) is 0 Å². The maximum absolute atomic E-state index is 13.3. The Morgan fingerprint density at radius 2 is 1.82 bits per heavy atom. The van der Waals surface area contributed by atoms with Crippen LogP contribution in [-0.2, 0) is 6.54 Å². The predicted octanol–water partition coefficient (Wildman–Crippen LogP) is 5.54. The molecule has 2 aromatic carbocycles. The van der Waals surface area contributed by atoms with Crippen LogP contribution >= 0.6 is 22.9 Å². The highest BCUT2D eigenvalue weighted by molar-refractivity contribution is 7.10. The topological polar surface area (TPSA) is 49.0 Å². The zero-order chi connectivity index (χ0) is 19.1. The largest absolute Gasteiger partial charge is 0.321 e. The van der Waals surface area contributed by atoms with Crippen molar-refractivity contribution in [3.63, 3.8) is 0 Å². The molecule has 1 aliphatic heterocycles. The first kappa shape index (κ1) is 17.2. The van der Waals surface area contributed by atoms with Crippen LogP contribution in [0.4, 0.5) is 0 Å². The molecule has 4 nitrogen and oxygen atoms in total. The first-order chi connectivity index (χ1) is 13.7. The van der Waals surface area contributed by atoms with Crippen molar-refractivity contribution in [1.29, 1.82) is 0 Å². The lowest BCUT2D eigenvalue weighted by molar-refractivity contribution is 0.0732. The summed E-state index contributed by atoms with van der Waals surface area (Å²) in [5.74, 6) is -0.0296. The highest BCUT2D eigenvalue weighted by Gasteiger charge is 2.42. The number of aromatic amines is 1. The van der Waals surface area contributed by atoms with Crippen molar-refractivity contribution in [3.05, 3.63) is 98.8 Å². The minimum Gasteiger partial charge on any atom is -0.321 e. The molecule has 1 amide bonds. The van der Waals surface area contributed by atoms with E-state index in [1.54, 1.807) is 11.3 Å². The number of H-pyrrole nitrogens is 1. The fourth-order valence-electron chi connectivity index (χ4n) is 3.70. The number of nitrogens with zero attached hydrogens (tertiary/aromatic N) is 2. The molecule has 0 saturated heterocycles. The number of thiophene rings is 1. The molecule has 28 heavy (non-hydrogen) atoms. The minimum atomic E-state index is -0.160. The molecule has 3 heterocycles. The van der Waals surface area contributed by atoms with Crippen LogP contribution in [-0.4, -0.2) is 21.0 Å². The van der Waals surface area contributed by atoms with Crippen LogP contribution in [0.15, 0.2) is 72.1 Å². The van der Waals surface area contributed by atoms with E-state index in [0.717, 1.165) is 27.3 Å². The summed E-state index contributed by atoms with van der Waals surface area (Å²) in [5.41, 5.74) is 4.40.